The average molecular weight is 355 g/mol. The lowest BCUT2D eigenvalue weighted by Gasteiger charge is -2.34. The van der Waals surface area contributed by atoms with Gasteiger partial charge in [0.15, 0.2) is 0 Å². The molecule has 0 radical (unpaired) electrons. The van der Waals surface area contributed by atoms with Crippen LogP contribution in [0, 0.1) is 0 Å². The molecule has 7 heteroatoms. The number of aromatic nitrogens is 2. The summed E-state index contributed by atoms with van der Waals surface area (Å²) in [4.78, 5) is 24.6. The number of rotatable bonds is 6. The molecule has 138 valence electrons. The first-order valence-corrected chi connectivity index (χ1v) is 9.03. The summed E-state index contributed by atoms with van der Waals surface area (Å²) in [6, 6.07) is 12.2. The lowest BCUT2D eigenvalue weighted by atomic mass is 10.1. The van der Waals surface area contributed by atoms with E-state index in [9.17, 15) is 4.79 Å². The van der Waals surface area contributed by atoms with E-state index < -0.39 is 0 Å². The number of hydrogen-bond acceptors (Lipinski definition) is 6. The number of anilines is 2. The van der Waals surface area contributed by atoms with Crippen LogP contribution in [0.5, 0.6) is 0 Å². The first-order chi connectivity index (χ1) is 12.8. The van der Waals surface area contributed by atoms with E-state index in [0.29, 0.717) is 25.6 Å². The van der Waals surface area contributed by atoms with Gasteiger partial charge in [0.05, 0.1) is 6.61 Å². The number of nitrogens with zero attached hydrogens (tertiary/aromatic N) is 4. The van der Waals surface area contributed by atoms with Gasteiger partial charge in [-0.2, -0.15) is 4.98 Å². The monoisotopic (exact) mass is 355 g/mol. The van der Waals surface area contributed by atoms with Crippen LogP contribution < -0.4 is 10.2 Å². The maximum absolute atomic E-state index is 11.8. The highest BCUT2D eigenvalue weighted by Crippen LogP contribution is 2.15. The third kappa shape index (κ3) is 4.84. The predicted octanol–water partition coefficient (Wildman–Crippen LogP) is 2.41. The summed E-state index contributed by atoms with van der Waals surface area (Å²) in [7, 11) is 0. The highest BCUT2D eigenvalue weighted by molar-refractivity contribution is 5.68. The number of piperazine rings is 1. The Morgan fingerprint density at radius 3 is 2.65 bits per heavy atom. The van der Waals surface area contributed by atoms with Gasteiger partial charge in [-0.15, -0.1) is 0 Å². The Balaban J connectivity index is 1.50. The number of nitrogens with one attached hydrogen (secondary N) is 1. The Morgan fingerprint density at radius 2 is 1.92 bits per heavy atom. The third-order valence-corrected chi connectivity index (χ3v) is 4.31. The molecule has 1 aliphatic rings. The van der Waals surface area contributed by atoms with Crippen LogP contribution in [0.3, 0.4) is 0 Å². The number of ether oxygens (including phenoxy) is 1. The lowest BCUT2D eigenvalue weighted by molar-refractivity contribution is 0.105. The minimum absolute atomic E-state index is 0.238. The van der Waals surface area contributed by atoms with Gasteiger partial charge in [0.2, 0.25) is 5.95 Å². The van der Waals surface area contributed by atoms with Crippen LogP contribution in [-0.4, -0.2) is 60.3 Å². The first kappa shape index (κ1) is 18.0. The fourth-order valence-corrected chi connectivity index (χ4v) is 2.91. The van der Waals surface area contributed by atoms with E-state index in [-0.39, 0.29) is 6.09 Å². The first-order valence-electron chi connectivity index (χ1n) is 9.03. The number of carbonyl (C=O) groups is 1. The fourth-order valence-electron chi connectivity index (χ4n) is 2.91. The van der Waals surface area contributed by atoms with Gasteiger partial charge in [-0.05, 0) is 25.0 Å². The van der Waals surface area contributed by atoms with E-state index >= 15 is 0 Å². The summed E-state index contributed by atoms with van der Waals surface area (Å²) in [6.07, 6.45) is 2.45. The zero-order valence-corrected chi connectivity index (χ0v) is 15.1. The van der Waals surface area contributed by atoms with Gasteiger partial charge in [-0.1, -0.05) is 30.3 Å². The Hall–Kier alpha value is -2.83. The fraction of sp³-hybridized carbons (Fsp3) is 0.421. The van der Waals surface area contributed by atoms with Gasteiger partial charge in [0, 0.05) is 38.9 Å². The van der Waals surface area contributed by atoms with Gasteiger partial charge in [-0.3, -0.25) is 0 Å². The normalized spacial score (nSPS) is 14.2. The number of amides is 1. The SMILES string of the molecule is CCOC(=O)N1CCN(c2ccnc(NCCc3ccccc3)n2)CC1. The molecule has 2 aromatic rings. The van der Waals surface area contributed by atoms with E-state index in [1.807, 2.05) is 31.2 Å². The van der Waals surface area contributed by atoms with Crippen molar-refractivity contribution in [2.75, 3.05) is 49.5 Å². The molecule has 2 heterocycles. The smallest absolute Gasteiger partial charge is 0.409 e. The molecule has 1 aliphatic heterocycles. The summed E-state index contributed by atoms with van der Waals surface area (Å²) in [5, 5.41) is 3.28. The molecule has 1 amide bonds. The largest absolute Gasteiger partial charge is 0.450 e. The second-order valence-electron chi connectivity index (χ2n) is 6.07. The molecule has 1 aromatic heterocycles. The van der Waals surface area contributed by atoms with Crippen LogP contribution in [0.4, 0.5) is 16.6 Å². The molecule has 1 N–H and O–H groups in total. The Bertz CT molecular complexity index is 702. The van der Waals surface area contributed by atoms with Crippen LogP contribution >= 0.6 is 0 Å². The van der Waals surface area contributed by atoms with E-state index in [4.69, 9.17) is 4.74 Å². The second kappa shape index (κ2) is 9.03. The molecule has 0 aliphatic carbocycles. The molecule has 0 saturated carbocycles. The van der Waals surface area contributed by atoms with E-state index in [2.05, 4.69) is 32.3 Å². The maximum Gasteiger partial charge on any atom is 0.409 e. The summed E-state index contributed by atoms with van der Waals surface area (Å²) >= 11 is 0. The predicted molar refractivity (Wildman–Crippen MR) is 101 cm³/mol. The zero-order chi connectivity index (χ0) is 18.2. The van der Waals surface area contributed by atoms with Crippen molar-refractivity contribution in [2.24, 2.45) is 0 Å². The van der Waals surface area contributed by atoms with Crippen molar-refractivity contribution in [1.29, 1.82) is 0 Å². The molecule has 0 spiro atoms. The molecular weight excluding hydrogens is 330 g/mol. The quantitative estimate of drug-likeness (QED) is 0.858. The standard InChI is InChI=1S/C19H25N5O2/c1-2-26-19(25)24-14-12-23(13-15-24)17-9-11-21-18(22-17)20-10-8-16-6-4-3-5-7-16/h3-7,9,11H,2,8,10,12-15H2,1H3,(H,20,21,22). The lowest BCUT2D eigenvalue weighted by Crippen LogP contribution is -2.49. The van der Waals surface area contributed by atoms with Crippen molar-refractivity contribution in [3.8, 4) is 0 Å². The molecule has 3 rings (SSSR count). The highest BCUT2D eigenvalue weighted by Gasteiger charge is 2.22. The summed E-state index contributed by atoms with van der Waals surface area (Å²) in [5.41, 5.74) is 1.28. The molecular formula is C19H25N5O2. The Labute approximate surface area is 154 Å². The summed E-state index contributed by atoms with van der Waals surface area (Å²) in [5.74, 6) is 1.51. The van der Waals surface area contributed by atoms with Crippen molar-refractivity contribution in [2.45, 2.75) is 13.3 Å². The van der Waals surface area contributed by atoms with Crippen molar-refractivity contribution in [3.63, 3.8) is 0 Å². The topological polar surface area (TPSA) is 70.6 Å². The Morgan fingerprint density at radius 1 is 1.15 bits per heavy atom. The van der Waals surface area contributed by atoms with Crippen LogP contribution in [-0.2, 0) is 11.2 Å². The maximum atomic E-state index is 11.8. The van der Waals surface area contributed by atoms with Gasteiger partial charge >= 0.3 is 6.09 Å². The Kier molecular flexibility index (Phi) is 6.24. The van der Waals surface area contributed by atoms with Crippen molar-refractivity contribution in [1.82, 2.24) is 14.9 Å². The van der Waals surface area contributed by atoms with Crippen molar-refractivity contribution in [3.05, 3.63) is 48.2 Å². The number of hydrogen-bond donors (Lipinski definition) is 1. The van der Waals surface area contributed by atoms with E-state index in [0.717, 1.165) is 31.9 Å². The van der Waals surface area contributed by atoms with Gasteiger partial charge in [-0.25, -0.2) is 9.78 Å². The number of carbonyl (C=O) groups excluding carboxylic acids is 1. The highest BCUT2D eigenvalue weighted by atomic mass is 16.6. The molecule has 1 aromatic carbocycles. The molecule has 7 nitrogen and oxygen atoms in total. The zero-order valence-electron chi connectivity index (χ0n) is 15.1. The molecule has 1 fully saturated rings. The molecule has 26 heavy (non-hydrogen) atoms. The van der Waals surface area contributed by atoms with Crippen LogP contribution in [0.1, 0.15) is 12.5 Å². The molecule has 1 saturated heterocycles. The molecule has 0 unspecified atom stereocenters. The minimum atomic E-state index is -0.238. The van der Waals surface area contributed by atoms with Gasteiger partial charge in [0.25, 0.3) is 0 Å². The van der Waals surface area contributed by atoms with E-state index in [1.54, 1.807) is 11.1 Å². The second-order valence-corrected chi connectivity index (χ2v) is 6.07. The third-order valence-electron chi connectivity index (χ3n) is 4.31. The molecule has 0 bridgehead atoms. The van der Waals surface area contributed by atoms with E-state index in [1.165, 1.54) is 5.56 Å². The summed E-state index contributed by atoms with van der Waals surface area (Å²) in [6.45, 7) is 5.76. The van der Waals surface area contributed by atoms with Crippen LogP contribution in [0.25, 0.3) is 0 Å². The minimum Gasteiger partial charge on any atom is -0.450 e. The van der Waals surface area contributed by atoms with Gasteiger partial charge < -0.3 is 19.9 Å². The van der Waals surface area contributed by atoms with Crippen molar-refractivity contribution < 1.29 is 9.53 Å². The van der Waals surface area contributed by atoms with Crippen LogP contribution in [0.2, 0.25) is 0 Å². The average Bonchev–Trinajstić information content (AvgIpc) is 2.69. The number of benzene rings is 1. The van der Waals surface area contributed by atoms with Gasteiger partial charge in [0.1, 0.15) is 5.82 Å². The molecule has 0 atom stereocenters. The summed E-state index contributed by atoms with van der Waals surface area (Å²) < 4.78 is 5.06. The van der Waals surface area contributed by atoms with Crippen molar-refractivity contribution >= 4 is 17.9 Å². The van der Waals surface area contributed by atoms with Crippen LogP contribution in [0.15, 0.2) is 42.6 Å².